The number of hydrogen-bond donors (Lipinski definition) is 2. The van der Waals surface area contributed by atoms with Gasteiger partial charge in [0.2, 0.25) is 10.0 Å². The van der Waals surface area contributed by atoms with Gasteiger partial charge in [-0.1, -0.05) is 26.0 Å². The number of aliphatic imine (C=N–C) groups is 1. The van der Waals surface area contributed by atoms with Crippen LogP contribution in [0, 0.1) is 11.8 Å². The number of primary sulfonamides is 1. The van der Waals surface area contributed by atoms with Crippen LogP contribution in [0.4, 0.5) is 0 Å². The molecule has 3 N–H and O–H groups in total. The molecule has 0 bridgehead atoms. The summed E-state index contributed by atoms with van der Waals surface area (Å²) in [4.78, 5) is 6.75. The first-order valence-corrected chi connectivity index (χ1v) is 9.41. The van der Waals surface area contributed by atoms with E-state index in [0.717, 1.165) is 24.6 Å². The van der Waals surface area contributed by atoms with Crippen LogP contribution in [0.5, 0.6) is 0 Å². The summed E-state index contributed by atoms with van der Waals surface area (Å²) in [5.41, 5.74) is 0.857. The van der Waals surface area contributed by atoms with Crippen LogP contribution >= 0.6 is 24.0 Å². The van der Waals surface area contributed by atoms with Gasteiger partial charge in [-0.2, -0.15) is 0 Å². The normalized spacial score (nSPS) is 22.0. The SMILES string of the molecule is CN=C(NCc1cccc(S(N)(=O)=O)c1)N1CC(C)CC(C)C1.I. The molecular weight excluding hydrogens is 439 g/mol. The lowest BCUT2D eigenvalue weighted by Gasteiger charge is -2.37. The first-order valence-electron chi connectivity index (χ1n) is 7.87. The van der Waals surface area contributed by atoms with E-state index in [0.29, 0.717) is 18.4 Å². The van der Waals surface area contributed by atoms with E-state index in [2.05, 4.69) is 29.1 Å². The van der Waals surface area contributed by atoms with Crippen LogP contribution in [-0.4, -0.2) is 39.4 Å². The van der Waals surface area contributed by atoms with Crippen molar-refractivity contribution in [1.82, 2.24) is 10.2 Å². The van der Waals surface area contributed by atoms with E-state index in [-0.39, 0.29) is 28.9 Å². The van der Waals surface area contributed by atoms with Crippen molar-refractivity contribution in [2.24, 2.45) is 22.0 Å². The standard InChI is InChI=1S/C16H26N4O2S.HI/c1-12-7-13(2)11-20(10-12)16(18-3)19-9-14-5-4-6-15(8-14)23(17,21)22;/h4-6,8,12-13H,7,9-11H2,1-3H3,(H,18,19)(H2,17,21,22);1H. The summed E-state index contributed by atoms with van der Waals surface area (Å²) in [5, 5.41) is 8.49. The summed E-state index contributed by atoms with van der Waals surface area (Å²) in [6.45, 7) is 6.99. The number of nitrogens with one attached hydrogen (secondary N) is 1. The fourth-order valence-corrected chi connectivity index (χ4v) is 3.77. The minimum atomic E-state index is -3.67. The van der Waals surface area contributed by atoms with Crippen molar-refractivity contribution in [2.45, 2.75) is 31.7 Å². The average molecular weight is 466 g/mol. The third-order valence-electron chi connectivity index (χ3n) is 4.06. The van der Waals surface area contributed by atoms with Gasteiger partial charge in [0, 0.05) is 26.7 Å². The molecule has 0 aliphatic carbocycles. The van der Waals surface area contributed by atoms with Gasteiger partial charge in [0.1, 0.15) is 0 Å². The lowest BCUT2D eigenvalue weighted by molar-refractivity contribution is 0.208. The highest BCUT2D eigenvalue weighted by Crippen LogP contribution is 2.21. The molecule has 0 amide bonds. The number of halogens is 1. The molecule has 0 aromatic heterocycles. The van der Waals surface area contributed by atoms with Crippen LogP contribution in [0.15, 0.2) is 34.2 Å². The van der Waals surface area contributed by atoms with E-state index in [9.17, 15) is 8.42 Å². The smallest absolute Gasteiger partial charge is 0.238 e. The van der Waals surface area contributed by atoms with Gasteiger partial charge in [-0.25, -0.2) is 13.6 Å². The Balaban J connectivity index is 0.00000288. The fourth-order valence-electron chi connectivity index (χ4n) is 3.18. The molecule has 1 aliphatic heterocycles. The molecule has 1 heterocycles. The van der Waals surface area contributed by atoms with Crippen LogP contribution < -0.4 is 10.5 Å². The summed E-state index contributed by atoms with van der Waals surface area (Å²) >= 11 is 0. The maximum atomic E-state index is 11.4. The Kier molecular flexibility index (Phi) is 7.94. The highest BCUT2D eigenvalue weighted by molar-refractivity contribution is 14.0. The van der Waals surface area contributed by atoms with Gasteiger partial charge in [0.05, 0.1) is 4.90 Å². The molecule has 2 atom stereocenters. The molecule has 1 saturated heterocycles. The molecule has 6 nitrogen and oxygen atoms in total. The zero-order valence-electron chi connectivity index (χ0n) is 14.4. The summed E-state index contributed by atoms with van der Waals surface area (Å²) in [5.74, 6) is 2.13. The number of rotatable bonds is 3. The molecule has 1 aliphatic rings. The molecule has 0 radical (unpaired) electrons. The fraction of sp³-hybridized carbons (Fsp3) is 0.562. The number of guanidine groups is 1. The van der Waals surface area contributed by atoms with Gasteiger partial charge in [-0.05, 0) is 36.0 Å². The number of sulfonamides is 1. The maximum Gasteiger partial charge on any atom is 0.238 e. The zero-order chi connectivity index (χ0) is 17.0. The van der Waals surface area contributed by atoms with Crippen molar-refractivity contribution < 1.29 is 8.42 Å². The molecule has 1 fully saturated rings. The number of likely N-dealkylation sites (tertiary alicyclic amines) is 1. The van der Waals surface area contributed by atoms with Crippen molar-refractivity contribution in [2.75, 3.05) is 20.1 Å². The molecule has 2 rings (SSSR count). The average Bonchev–Trinajstić information content (AvgIpc) is 2.46. The maximum absolute atomic E-state index is 11.4. The van der Waals surface area contributed by atoms with Gasteiger partial charge >= 0.3 is 0 Å². The third-order valence-corrected chi connectivity index (χ3v) is 4.97. The number of benzene rings is 1. The van der Waals surface area contributed by atoms with Crippen LogP contribution in [0.1, 0.15) is 25.8 Å². The van der Waals surface area contributed by atoms with Crippen LogP contribution in [-0.2, 0) is 16.6 Å². The molecular formula is C16H27IN4O2S. The van der Waals surface area contributed by atoms with Crippen LogP contribution in [0.25, 0.3) is 0 Å². The monoisotopic (exact) mass is 466 g/mol. The predicted octanol–water partition coefficient (Wildman–Crippen LogP) is 2.01. The summed E-state index contributed by atoms with van der Waals surface area (Å²) < 4.78 is 22.8. The quantitative estimate of drug-likeness (QED) is 0.405. The Morgan fingerprint density at radius 2 is 1.96 bits per heavy atom. The van der Waals surface area contributed by atoms with Gasteiger partial charge < -0.3 is 10.2 Å². The Bertz CT molecular complexity index is 668. The molecule has 0 spiro atoms. The molecule has 136 valence electrons. The highest BCUT2D eigenvalue weighted by Gasteiger charge is 2.23. The molecule has 24 heavy (non-hydrogen) atoms. The first-order chi connectivity index (χ1) is 10.8. The number of hydrogen-bond acceptors (Lipinski definition) is 3. The van der Waals surface area contributed by atoms with E-state index >= 15 is 0 Å². The third kappa shape index (κ3) is 5.89. The molecule has 8 heteroatoms. The number of nitrogens with zero attached hydrogens (tertiary/aromatic N) is 2. The second kappa shape index (κ2) is 9.00. The van der Waals surface area contributed by atoms with Crippen molar-refractivity contribution in [3.05, 3.63) is 29.8 Å². The summed E-state index contributed by atoms with van der Waals surface area (Å²) in [7, 11) is -1.90. The van der Waals surface area contributed by atoms with E-state index < -0.39 is 10.0 Å². The van der Waals surface area contributed by atoms with Crippen LogP contribution in [0.3, 0.4) is 0 Å². The Labute approximate surface area is 162 Å². The largest absolute Gasteiger partial charge is 0.352 e. The Morgan fingerprint density at radius 3 is 2.50 bits per heavy atom. The second-order valence-electron chi connectivity index (χ2n) is 6.44. The predicted molar refractivity (Wildman–Crippen MR) is 108 cm³/mol. The Morgan fingerprint density at radius 1 is 1.33 bits per heavy atom. The van der Waals surface area contributed by atoms with E-state index in [4.69, 9.17) is 5.14 Å². The Hall–Kier alpha value is -0.870. The molecule has 1 aromatic rings. The van der Waals surface area contributed by atoms with Gasteiger partial charge in [-0.3, -0.25) is 4.99 Å². The zero-order valence-corrected chi connectivity index (χ0v) is 17.5. The highest BCUT2D eigenvalue weighted by atomic mass is 127. The van der Waals surface area contributed by atoms with E-state index in [1.165, 1.54) is 12.5 Å². The van der Waals surface area contributed by atoms with Gasteiger partial charge in [0.15, 0.2) is 5.96 Å². The molecule has 1 aromatic carbocycles. The number of piperidine rings is 1. The second-order valence-corrected chi connectivity index (χ2v) is 8.01. The topological polar surface area (TPSA) is 87.8 Å². The van der Waals surface area contributed by atoms with Crippen molar-refractivity contribution in [3.63, 3.8) is 0 Å². The first kappa shape index (κ1) is 21.2. The minimum Gasteiger partial charge on any atom is -0.352 e. The van der Waals surface area contributed by atoms with Gasteiger partial charge in [-0.15, -0.1) is 24.0 Å². The molecule has 0 saturated carbocycles. The minimum absolute atomic E-state index is 0. The summed E-state index contributed by atoms with van der Waals surface area (Å²) in [6.07, 6.45) is 1.24. The van der Waals surface area contributed by atoms with Crippen molar-refractivity contribution >= 4 is 40.0 Å². The molecule has 2 unspecified atom stereocenters. The lowest BCUT2D eigenvalue weighted by atomic mass is 9.92. The van der Waals surface area contributed by atoms with E-state index in [1.54, 1.807) is 19.2 Å². The lowest BCUT2D eigenvalue weighted by Crippen LogP contribution is -2.48. The summed E-state index contributed by atoms with van der Waals surface area (Å²) in [6, 6.07) is 6.67. The van der Waals surface area contributed by atoms with Crippen LogP contribution in [0.2, 0.25) is 0 Å². The van der Waals surface area contributed by atoms with Gasteiger partial charge in [0.25, 0.3) is 0 Å². The number of nitrogens with two attached hydrogens (primary N) is 1. The van der Waals surface area contributed by atoms with Crippen molar-refractivity contribution in [1.29, 1.82) is 0 Å². The van der Waals surface area contributed by atoms with Crippen molar-refractivity contribution in [3.8, 4) is 0 Å². The van der Waals surface area contributed by atoms with E-state index in [1.807, 2.05) is 6.07 Å².